The van der Waals surface area contributed by atoms with Gasteiger partial charge in [0.1, 0.15) is 0 Å². The predicted octanol–water partition coefficient (Wildman–Crippen LogP) is 0.617. The number of hydrogen-bond acceptors (Lipinski definition) is 5. The Bertz CT molecular complexity index is 918. The molecule has 0 unspecified atom stereocenters. The van der Waals surface area contributed by atoms with Crippen LogP contribution in [0.1, 0.15) is 12.8 Å². The minimum Gasteiger partial charge on any atom is -0.481 e. The zero-order valence-electron chi connectivity index (χ0n) is 12.4. The monoisotopic (exact) mass is 340 g/mol. The molecule has 1 saturated heterocycles. The van der Waals surface area contributed by atoms with Crippen molar-refractivity contribution in [3.63, 3.8) is 0 Å². The molecular weight excluding hydrogens is 324 g/mol. The topological polar surface area (TPSA) is 110 Å². The van der Waals surface area contributed by atoms with E-state index in [0.717, 1.165) is 0 Å². The largest absolute Gasteiger partial charge is 0.481 e. The van der Waals surface area contributed by atoms with Gasteiger partial charge >= 0.3 is 11.7 Å². The van der Waals surface area contributed by atoms with E-state index in [-0.39, 0.29) is 18.0 Å². The van der Waals surface area contributed by atoms with Crippen LogP contribution in [0, 0.1) is 5.92 Å². The number of benzene rings is 1. The summed E-state index contributed by atoms with van der Waals surface area (Å²) in [6.45, 7) is 0.337. The lowest BCUT2D eigenvalue weighted by molar-refractivity contribution is -0.142. The molecule has 23 heavy (non-hydrogen) atoms. The summed E-state index contributed by atoms with van der Waals surface area (Å²) in [5.41, 5.74) is 0.720. The molecule has 0 spiro atoms. The van der Waals surface area contributed by atoms with Gasteiger partial charge in [0.25, 0.3) is 0 Å². The lowest BCUT2D eigenvalue weighted by atomic mass is 9.99. The molecule has 2 heterocycles. The van der Waals surface area contributed by atoms with E-state index in [1.54, 1.807) is 0 Å². The first-order valence-electron chi connectivity index (χ1n) is 7.13. The SMILES string of the molecule is Cn1c(=O)oc2ccc(S(=O)(=O)N3CCC(C(=O)O)CC3)cc21. The van der Waals surface area contributed by atoms with Gasteiger partial charge in [0.15, 0.2) is 5.58 Å². The number of hydrogen-bond donors (Lipinski definition) is 1. The van der Waals surface area contributed by atoms with Crippen LogP contribution in [-0.2, 0) is 21.9 Å². The third-order valence-electron chi connectivity index (χ3n) is 4.20. The van der Waals surface area contributed by atoms with Gasteiger partial charge in [-0.15, -0.1) is 0 Å². The zero-order chi connectivity index (χ0) is 16.8. The second-order valence-corrected chi connectivity index (χ2v) is 7.51. The Balaban J connectivity index is 1.92. The quantitative estimate of drug-likeness (QED) is 0.877. The predicted molar refractivity (Wildman–Crippen MR) is 80.6 cm³/mol. The summed E-state index contributed by atoms with van der Waals surface area (Å²) in [5, 5.41) is 8.98. The van der Waals surface area contributed by atoms with E-state index in [9.17, 15) is 18.0 Å². The second kappa shape index (κ2) is 5.50. The number of carbonyl (C=O) groups is 1. The van der Waals surface area contributed by atoms with Crippen LogP contribution in [0.2, 0.25) is 0 Å². The number of carboxylic acids is 1. The van der Waals surface area contributed by atoms with Crippen LogP contribution in [0.25, 0.3) is 11.1 Å². The zero-order valence-corrected chi connectivity index (χ0v) is 13.2. The third kappa shape index (κ3) is 2.66. The summed E-state index contributed by atoms with van der Waals surface area (Å²) in [6.07, 6.45) is 0.585. The van der Waals surface area contributed by atoms with Crippen LogP contribution < -0.4 is 5.76 Å². The molecule has 1 aliphatic rings. The molecule has 8 nitrogen and oxygen atoms in total. The third-order valence-corrected chi connectivity index (χ3v) is 6.10. The summed E-state index contributed by atoms with van der Waals surface area (Å²) < 4.78 is 32.9. The number of aliphatic carboxylic acids is 1. The van der Waals surface area contributed by atoms with Gasteiger partial charge in [-0.1, -0.05) is 0 Å². The number of aryl methyl sites for hydroxylation is 1. The van der Waals surface area contributed by atoms with Gasteiger partial charge in [-0.3, -0.25) is 9.36 Å². The highest BCUT2D eigenvalue weighted by Crippen LogP contribution is 2.25. The minimum atomic E-state index is -3.73. The van der Waals surface area contributed by atoms with Gasteiger partial charge in [-0.25, -0.2) is 13.2 Å². The standard InChI is InChI=1S/C14H16N2O6S/c1-15-11-8-10(2-3-12(11)22-14(15)19)23(20,21)16-6-4-9(5-7-16)13(17)18/h2-3,8-9H,4-7H2,1H3,(H,17,18). The van der Waals surface area contributed by atoms with E-state index < -0.39 is 27.7 Å². The lowest BCUT2D eigenvalue weighted by Gasteiger charge is -2.29. The molecule has 0 amide bonds. The number of piperidine rings is 1. The van der Waals surface area contributed by atoms with Crippen molar-refractivity contribution in [3.05, 3.63) is 28.7 Å². The molecule has 0 saturated carbocycles. The van der Waals surface area contributed by atoms with E-state index in [1.807, 2.05) is 0 Å². The first kappa shape index (κ1) is 15.8. The van der Waals surface area contributed by atoms with E-state index in [1.165, 1.54) is 34.1 Å². The number of sulfonamides is 1. The lowest BCUT2D eigenvalue weighted by Crippen LogP contribution is -2.40. The molecule has 3 rings (SSSR count). The molecule has 0 atom stereocenters. The average Bonchev–Trinajstić information content (AvgIpc) is 2.82. The molecule has 2 aromatic rings. The highest BCUT2D eigenvalue weighted by molar-refractivity contribution is 7.89. The smallest absolute Gasteiger partial charge is 0.419 e. The highest BCUT2D eigenvalue weighted by Gasteiger charge is 2.32. The molecule has 0 bridgehead atoms. The van der Waals surface area contributed by atoms with Crippen molar-refractivity contribution in [2.75, 3.05) is 13.1 Å². The van der Waals surface area contributed by atoms with E-state index in [0.29, 0.717) is 23.9 Å². The average molecular weight is 340 g/mol. The molecule has 9 heteroatoms. The number of carboxylic acid groups (broad SMARTS) is 1. The number of rotatable bonds is 3. The Morgan fingerprint density at radius 3 is 2.57 bits per heavy atom. The number of fused-ring (bicyclic) bond motifs is 1. The summed E-state index contributed by atoms with van der Waals surface area (Å²) in [6, 6.07) is 4.25. The van der Waals surface area contributed by atoms with Crippen molar-refractivity contribution >= 4 is 27.1 Å². The van der Waals surface area contributed by atoms with Crippen molar-refractivity contribution in [3.8, 4) is 0 Å². The van der Waals surface area contributed by atoms with Crippen LogP contribution in [0.5, 0.6) is 0 Å². The minimum absolute atomic E-state index is 0.0650. The Morgan fingerprint density at radius 2 is 1.96 bits per heavy atom. The van der Waals surface area contributed by atoms with Crippen molar-refractivity contribution in [1.82, 2.24) is 8.87 Å². The molecule has 1 fully saturated rings. The first-order valence-corrected chi connectivity index (χ1v) is 8.57. The fourth-order valence-electron chi connectivity index (χ4n) is 2.76. The molecule has 1 aliphatic heterocycles. The fourth-order valence-corrected chi connectivity index (χ4v) is 4.25. The highest BCUT2D eigenvalue weighted by atomic mass is 32.2. The molecule has 124 valence electrons. The number of oxazole rings is 1. The van der Waals surface area contributed by atoms with Crippen LogP contribution in [0.4, 0.5) is 0 Å². The molecule has 0 radical (unpaired) electrons. The number of nitrogens with zero attached hydrogens (tertiary/aromatic N) is 2. The van der Waals surface area contributed by atoms with Crippen LogP contribution >= 0.6 is 0 Å². The Kier molecular flexibility index (Phi) is 3.77. The summed E-state index contributed by atoms with van der Waals surface area (Å²) in [5.74, 6) is -1.95. The van der Waals surface area contributed by atoms with Crippen LogP contribution in [0.15, 0.2) is 32.3 Å². The normalized spacial score (nSPS) is 17.6. The van der Waals surface area contributed by atoms with Crippen LogP contribution in [-0.4, -0.2) is 41.5 Å². The van der Waals surface area contributed by atoms with E-state index in [2.05, 4.69) is 0 Å². The van der Waals surface area contributed by atoms with E-state index in [4.69, 9.17) is 9.52 Å². The van der Waals surface area contributed by atoms with E-state index >= 15 is 0 Å². The van der Waals surface area contributed by atoms with Gasteiger partial charge in [0.2, 0.25) is 10.0 Å². The summed E-state index contributed by atoms with van der Waals surface area (Å²) >= 11 is 0. The maximum Gasteiger partial charge on any atom is 0.419 e. The van der Waals surface area contributed by atoms with Crippen LogP contribution in [0.3, 0.4) is 0 Å². The Hall–Kier alpha value is -2.13. The fraction of sp³-hybridized carbons (Fsp3) is 0.429. The number of aromatic nitrogens is 1. The van der Waals surface area contributed by atoms with Crippen molar-refractivity contribution in [1.29, 1.82) is 0 Å². The van der Waals surface area contributed by atoms with Crippen molar-refractivity contribution < 1.29 is 22.7 Å². The molecular formula is C14H16N2O6S. The first-order chi connectivity index (χ1) is 10.8. The molecule has 1 N–H and O–H groups in total. The maximum atomic E-state index is 12.7. The van der Waals surface area contributed by atoms with Gasteiger partial charge in [0.05, 0.1) is 16.3 Å². The summed E-state index contributed by atoms with van der Waals surface area (Å²) in [4.78, 5) is 22.5. The Labute approximate surface area is 132 Å². The van der Waals surface area contributed by atoms with Crippen molar-refractivity contribution in [2.45, 2.75) is 17.7 Å². The van der Waals surface area contributed by atoms with Gasteiger partial charge in [0, 0.05) is 20.1 Å². The molecule has 1 aromatic carbocycles. The van der Waals surface area contributed by atoms with Crippen molar-refractivity contribution in [2.24, 2.45) is 13.0 Å². The Morgan fingerprint density at radius 1 is 1.30 bits per heavy atom. The van der Waals surface area contributed by atoms with Gasteiger partial charge < -0.3 is 9.52 Å². The van der Waals surface area contributed by atoms with Gasteiger partial charge in [-0.05, 0) is 31.0 Å². The summed E-state index contributed by atoms with van der Waals surface area (Å²) in [7, 11) is -2.22. The molecule has 0 aliphatic carbocycles. The maximum absolute atomic E-state index is 12.7. The second-order valence-electron chi connectivity index (χ2n) is 5.57. The van der Waals surface area contributed by atoms with Gasteiger partial charge in [-0.2, -0.15) is 4.31 Å². The molecule has 1 aromatic heterocycles.